The van der Waals surface area contributed by atoms with Gasteiger partial charge in [-0.05, 0) is 62.4 Å². The van der Waals surface area contributed by atoms with Gasteiger partial charge in [-0.15, -0.1) is 11.3 Å². The topological polar surface area (TPSA) is 106 Å². The molecule has 0 saturated carbocycles. The van der Waals surface area contributed by atoms with Crippen LogP contribution in [0.4, 0.5) is 10.8 Å². The van der Waals surface area contributed by atoms with Gasteiger partial charge >= 0.3 is 5.97 Å². The van der Waals surface area contributed by atoms with Gasteiger partial charge in [-0.25, -0.2) is 9.78 Å². The molecule has 1 aliphatic heterocycles. The number of hydrazone groups is 1. The monoisotopic (exact) mass is 463 g/mol. The molecule has 1 amide bonds. The second kappa shape index (κ2) is 9.70. The third-order valence-corrected chi connectivity index (χ3v) is 5.64. The van der Waals surface area contributed by atoms with Crippen molar-refractivity contribution in [1.82, 2.24) is 4.98 Å². The smallest absolute Gasteiger partial charge is 0.338 e. The van der Waals surface area contributed by atoms with E-state index in [1.807, 2.05) is 29.6 Å². The van der Waals surface area contributed by atoms with Crippen LogP contribution in [-0.4, -0.2) is 42.3 Å². The van der Waals surface area contributed by atoms with Crippen LogP contribution in [0.2, 0.25) is 0 Å². The molecule has 168 valence electrons. The highest BCUT2D eigenvalue weighted by Crippen LogP contribution is 2.31. The summed E-state index contributed by atoms with van der Waals surface area (Å²) in [6.45, 7) is 3.78. The van der Waals surface area contributed by atoms with Gasteiger partial charge < -0.3 is 9.47 Å². The number of methoxy groups -OCH3 is 1. The Labute approximate surface area is 194 Å². The number of hydrogen-bond acceptors (Lipinski definition) is 9. The SMILES string of the molecule is CCOC(=O)c1ccc(N=N[C@@H]2C(=O)N(c3nc(-c4ccc(OC)cc4)cs3)N=C2C)cc1. The highest BCUT2D eigenvalue weighted by molar-refractivity contribution is 7.14. The molecule has 33 heavy (non-hydrogen) atoms. The minimum Gasteiger partial charge on any atom is -0.497 e. The fourth-order valence-electron chi connectivity index (χ4n) is 3.09. The van der Waals surface area contributed by atoms with Crippen LogP contribution in [0.25, 0.3) is 11.3 Å². The van der Waals surface area contributed by atoms with Crippen molar-refractivity contribution in [2.45, 2.75) is 19.9 Å². The van der Waals surface area contributed by atoms with Crippen LogP contribution in [-0.2, 0) is 9.53 Å². The summed E-state index contributed by atoms with van der Waals surface area (Å²) in [4.78, 5) is 29.2. The van der Waals surface area contributed by atoms with E-state index in [2.05, 4.69) is 20.3 Å². The number of hydrogen-bond donors (Lipinski definition) is 0. The van der Waals surface area contributed by atoms with Crippen LogP contribution >= 0.6 is 11.3 Å². The largest absolute Gasteiger partial charge is 0.497 e. The van der Waals surface area contributed by atoms with E-state index >= 15 is 0 Å². The number of benzene rings is 2. The van der Waals surface area contributed by atoms with E-state index in [1.54, 1.807) is 45.2 Å². The van der Waals surface area contributed by atoms with E-state index in [0.29, 0.717) is 28.7 Å². The van der Waals surface area contributed by atoms with Crippen molar-refractivity contribution in [1.29, 1.82) is 0 Å². The Balaban J connectivity index is 1.46. The first-order chi connectivity index (χ1) is 16.0. The molecule has 0 N–H and O–H groups in total. The second-order valence-corrected chi connectivity index (χ2v) is 7.86. The standard InChI is InChI=1S/C23H21N5O4S/c1-4-32-22(30)16-5-9-17(10-6-16)25-26-20-14(2)27-28(21(20)29)23-24-19(13-33-23)15-7-11-18(31-3)12-8-15/h5-13,20H,4H2,1-3H3/t20-/m0/s1. The molecule has 1 aliphatic rings. The molecule has 0 unspecified atom stereocenters. The average molecular weight is 464 g/mol. The Kier molecular flexibility index (Phi) is 6.55. The number of anilines is 1. The number of rotatable bonds is 7. The van der Waals surface area contributed by atoms with E-state index < -0.39 is 12.0 Å². The molecule has 1 aromatic heterocycles. The zero-order valence-electron chi connectivity index (χ0n) is 18.3. The zero-order valence-corrected chi connectivity index (χ0v) is 19.1. The lowest BCUT2D eigenvalue weighted by Crippen LogP contribution is -2.29. The van der Waals surface area contributed by atoms with Crippen LogP contribution in [0.1, 0.15) is 24.2 Å². The van der Waals surface area contributed by atoms with E-state index in [-0.39, 0.29) is 5.91 Å². The van der Waals surface area contributed by atoms with Crippen molar-refractivity contribution in [2.75, 3.05) is 18.7 Å². The maximum Gasteiger partial charge on any atom is 0.338 e. The van der Waals surface area contributed by atoms with Crippen molar-refractivity contribution in [2.24, 2.45) is 15.3 Å². The molecule has 2 heterocycles. The van der Waals surface area contributed by atoms with Gasteiger partial charge in [0.1, 0.15) is 5.75 Å². The molecular formula is C23H21N5O4S. The Morgan fingerprint density at radius 3 is 2.55 bits per heavy atom. The normalized spacial score (nSPS) is 15.7. The van der Waals surface area contributed by atoms with Crippen LogP contribution in [0.15, 0.2) is 69.2 Å². The average Bonchev–Trinajstić information content (AvgIpc) is 3.43. The molecule has 0 radical (unpaired) electrons. The first-order valence-corrected chi connectivity index (χ1v) is 11.0. The number of esters is 1. The Morgan fingerprint density at radius 1 is 1.15 bits per heavy atom. The molecule has 9 nitrogen and oxygen atoms in total. The Bertz CT molecular complexity index is 1220. The maximum absolute atomic E-state index is 12.9. The van der Waals surface area contributed by atoms with Gasteiger partial charge in [0.05, 0.1) is 36.4 Å². The number of carbonyl (C=O) groups is 2. The van der Waals surface area contributed by atoms with Gasteiger partial charge in [0.15, 0.2) is 6.04 Å². The van der Waals surface area contributed by atoms with Gasteiger partial charge in [0.2, 0.25) is 5.13 Å². The third-order valence-electron chi connectivity index (χ3n) is 4.82. The van der Waals surface area contributed by atoms with Gasteiger partial charge in [0, 0.05) is 10.9 Å². The van der Waals surface area contributed by atoms with Gasteiger partial charge in [-0.3, -0.25) is 4.79 Å². The molecule has 10 heteroatoms. The van der Waals surface area contributed by atoms with Crippen molar-refractivity contribution >= 4 is 39.7 Å². The first kappa shape index (κ1) is 22.3. The lowest BCUT2D eigenvalue weighted by molar-refractivity contribution is -0.117. The van der Waals surface area contributed by atoms with Crippen molar-refractivity contribution < 1.29 is 19.1 Å². The summed E-state index contributed by atoms with van der Waals surface area (Å²) in [7, 11) is 1.61. The zero-order chi connectivity index (χ0) is 23.4. The number of amides is 1. The van der Waals surface area contributed by atoms with Gasteiger partial charge in [-0.2, -0.15) is 20.3 Å². The summed E-state index contributed by atoms with van der Waals surface area (Å²) < 4.78 is 10.1. The molecule has 0 spiro atoms. The fourth-order valence-corrected chi connectivity index (χ4v) is 3.87. The molecule has 3 aromatic rings. The lowest BCUT2D eigenvalue weighted by atomic mass is 10.2. The van der Waals surface area contributed by atoms with Crippen molar-refractivity contribution in [3.63, 3.8) is 0 Å². The molecule has 1 atom stereocenters. The molecular weight excluding hydrogens is 442 g/mol. The summed E-state index contributed by atoms with van der Waals surface area (Å²) in [6, 6.07) is 13.2. The minimum atomic E-state index is -0.830. The molecule has 0 aliphatic carbocycles. The number of ether oxygens (including phenoxy) is 2. The number of carbonyl (C=O) groups excluding carboxylic acids is 2. The number of nitrogens with zero attached hydrogens (tertiary/aromatic N) is 5. The predicted octanol–water partition coefficient (Wildman–Crippen LogP) is 4.87. The summed E-state index contributed by atoms with van der Waals surface area (Å²) in [5.74, 6) is 0.0333. The van der Waals surface area contributed by atoms with Crippen LogP contribution < -0.4 is 9.75 Å². The fraction of sp³-hybridized carbons (Fsp3) is 0.217. The van der Waals surface area contributed by atoms with Gasteiger partial charge in [0.25, 0.3) is 5.91 Å². The molecule has 0 fully saturated rings. The molecule has 2 aromatic carbocycles. The summed E-state index contributed by atoms with van der Waals surface area (Å²) in [5.41, 5.74) is 3.11. The Hall–Kier alpha value is -3.92. The van der Waals surface area contributed by atoms with Crippen LogP contribution in [0.3, 0.4) is 0 Å². The summed E-state index contributed by atoms with van der Waals surface area (Å²) >= 11 is 1.32. The van der Waals surface area contributed by atoms with Crippen LogP contribution in [0.5, 0.6) is 5.75 Å². The molecule has 0 bridgehead atoms. The summed E-state index contributed by atoms with van der Waals surface area (Å²) in [5, 5.41) is 16.3. The molecule has 0 saturated heterocycles. The Morgan fingerprint density at radius 2 is 1.88 bits per heavy atom. The molecule has 4 rings (SSSR count). The van der Waals surface area contributed by atoms with E-state index in [0.717, 1.165) is 17.0 Å². The number of aromatic nitrogens is 1. The van der Waals surface area contributed by atoms with E-state index in [4.69, 9.17) is 9.47 Å². The second-order valence-electron chi connectivity index (χ2n) is 7.02. The minimum absolute atomic E-state index is 0.305. The number of thiazole rings is 1. The summed E-state index contributed by atoms with van der Waals surface area (Å²) in [6.07, 6.45) is 0. The van der Waals surface area contributed by atoms with E-state index in [1.165, 1.54) is 16.3 Å². The van der Waals surface area contributed by atoms with Crippen molar-refractivity contribution in [3.05, 3.63) is 59.5 Å². The van der Waals surface area contributed by atoms with Gasteiger partial charge in [-0.1, -0.05) is 0 Å². The third kappa shape index (κ3) is 4.80. The number of azo groups is 1. The lowest BCUT2D eigenvalue weighted by Gasteiger charge is -2.08. The highest BCUT2D eigenvalue weighted by atomic mass is 32.1. The quantitative estimate of drug-likeness (QED) is 0.367. The van der Waals surface area contributed by atoms with Crippen molar-refractivity contribution in [3.8, 4) is 17.0 Å². The predicted molar refractivity (Wildman–Crippen MR) is 125 cm³/mol. The maximum atomic E-state index is 12.9. The van der Waals surface area contributed by atoms with Crippen LogP contribution in [0, 0.1) is 0 Å². The highest BCUT2D eigenvalue weighted by Gasteiger charge is 2.36. The van der Waals surface area contributed by atoms with E-state index in [9.17, 15) is 9.59 Å². The first-order valence-electron chi connectivity index (χ1n) is 10.2.